The molecule has 0 saturated carbocycles. The van der Waals surface area contributed by atoms with E-state index < -0.39 is 5.91 Å². The second kappa shape index (κ2) is 10.2. The number of thioether (sulfide) groups is 1. The van der Waals surface area contributed by atoms with Crippen molar-refractivity contribution in [2.24, 2.45) is 0 Å². The molecule has 1 saturated heterocycles. The highest BCUT2D eigenvalue weighted by molar-refractivity contribution is 8.18. The first-order chi connectivity index (χ1) is 16.4. The second-order valence-electron chi connectivity index (χ2n) is 7.46. The molecule has 34 heavy (non-hydrogen) atoms. The number of nitrogens with zero attached hydrogens (tertiary/aromatic N) is 1. The Morgan fingerprint density at radius 3 is 2.56 bits per heavy atom. The Morgan fingerprint density at radius 1 is 1.03 bits per heavy atom. The van der Waals surface area contributed by atoms with Gasteiger partial charge in [-0.1, -0.05) is 36.4 Å². The van der Waals surface area contributed by atoms with Crippen LogP contribution in [0.3, 0.4) is 0 Å². The van der Waals surface area contributed by atoms with Gasteiger partial charge in [0, 0.05) is 24.3 Å². The molecule has 1 aliphatic rings. The number of benzene rings is 2. The van der Waals surface area contributed by atoms with Crippen LogP contribution >= 0.6 is 11.8 Å². The number of rotatable bonds is 7. The Balaban J connectivity index is 1.35. The number of anilines is 1. The summed E-state index contributed by atoms with van der Waals surface area (Å²) in [5, 5.41) is 5.06. The Hall–Kier alpha value is -4.11. The fourth-order valence-corrected chi connectivity index (χ4v) is 4.13. The summed E-state index contributed by atoms with van der Waals surface area (Å²) in [4.78, 5) is 51.2. The van der Waals surface area contributed by atoms with Gasteiger partial charge in [-0.2, -0.15) is 0 Å². The summed E-state index contributed by atoms with van der Waals surface area (Å²) in [6.45, 7) is 1.95. The van der Waals surface area contributed by atoms with E-state index in [1.165, 1.54) is 6.26 Å². The van der Waals surface area contributed by atoms with E-state index in [2.05, 4.69) is 10.6 Å². The van der Waals surface area contributed by atoms with Gasteiger partial charge in [-0.05, 0) is 60.2 Å². The molecule has 1 fully saturated rings. The lowest BCUT2D eigenvalue weighted by Gasteiger charge is -2.14. The lowest BCUT2D eigenvalue weighted by Crippen LogP contribution is -2.37. The van der Waals surface area contributed by atoms with Crippen LogP contribution in [0.1, 0.15) is 32.0 Å². The standard InChI is InChI=1S/C25H21N3O5S/c1-16-9-10-18(15-19(16)27-23(30)20-8-5-13-33-20)22(29)26-11-12-28-24(31)21(34-25(28)32)14-17-6-3-2-4-7-17/h2-10,13-15H,11-12H2,1H3,(H,26,29)(H,27,30)/b21-14-. The van der Waals surface area contributed by atoms with Crippen molar-refractivity contribution in [2.75, 3.05) is 18.4 Å². The molecule has 0 spiro atoms. The number of imide groups is 1. The Kier molecular flexibility index (Phi) is 6.93. The molecule has 4 amide bonds. The maximum Gasteiger partial charge on any atom is 0.293 e. The van der Waals surface area contributed by atoms with Crippen LogP contribution in [-0.4, -0.2) is 41.0 Å². The van der Waals surface area contributed by atoms with Crippen LogP contribution in [0.25, 0.3) is 6.08 Å². The SMILES string of the molecule is Cc1ccc(C(=O)NCCN2C(=O)S/C(=C\c3ccccc3)C2=O)cc1NC(=O)c1ccco1. The van der Waals surface area contributed by atoms with Gasteiger partial charge in [0.05, 0.1) is 11.2 Å². The Bertz CT molecular complexity index is 1270. The van der Waals surface area contributed by atoms with Crippen LogP contribution in [0.15, 0.2) is 76.2 Å². The second-order valence-corrected chi connectivity index (χ2v) is 8.45. The summed E-state index contributed by atoms with van der Waals surface area (Å²) in [5.74, 6) is -1.03. The smallest absolute Gasteiger partial charge is 0.293 e. The molecule has 0 unspecified atom stereocenters. The van der Waals surface area contributed by atoms with Crippen LogP contribution in [0.4, 0.5) is 10.5 Å². The minimum absolute atomic E-state index is 0.0521. The first kappa shape index (κ1) is 23.1. The minimum atomic E-state index is -0.423. The number of nitrogens with one attached hydrogen (secondary N) is 2. The molecule has 8 nitrogen and oxygen atoms in total. The number of hydrogen-bond acceptors (Lipinski definition) is 6. The molecule has 2 aromatic carbocycles. The maximum atomic E-state index is 12.6. The molecule has 4 rings (SSSR count). The molecule has 2 N–H and O–H groups in total. The molecule has 2 heterocycles. The summed E-state index contributed by atoms with van der Waals surface area (Å²) in [6, 6.07) is 17.3. The third-order valence-corrected chi connectivity index (χ3v) is 5.99. The van der Waals surface area contributed by atoms with Gasteiger partial charge in [-0.25, -0.2) is 0 Å². The molecule has 1 aliphatic heterocycles. The molecule has 0 bridgehead atoms. The van der Waals surface area contributed by atoms with E-state index in [-0.39, 0.29) is 35.9 Å². The summed E-state index contributed by atoms with van der Waals surface area (Å²) in [6.07, 6.45) is 3.08. The topological polar surface area (TPSA) is 109 Å². The average molecular weight is 476 g/mol. The summed E-state index contributed by atoms with van der Waals surface area (Å²) in [5.41, 5.74) is 2.42. The number of aryl methyl sites for hydroxylation is 1. The normalized spacial score (nSPS) is 14.5. The quantitative estimate of drug-likeness (QED) is 0.493. The van der Waals surface area contributed by atoms with E-state index in [0.29, 0.717) is 16.2 Å². The van der Waals surface area contributed by atoms with E-state index in [1.54, 1.807) is 36.4 Å². The van der Waals surface area contributed by atoms with E-state index in [4.69, 9.17) is 4.42 Å². The molecular formula is C25H21N3O5S. The van der Waals surface area contributed by atoms with Crippen molar-refractivity contribution in [3.63, 3.8) is 0 Å². The van der Waals surface area contributed by atoms with Crippen molar-refractivity contribution < 1.29 is 23.6 Å². The van der Waals surface area contributed by atoms with Crippen molar-refractivity contribution in [3.05, 3.63) is 94.3 Å². The number of carbonyl (C=O) groups is 4. The predicted octanol–water partition coefficient (Wildman–Crippen LogP) is 4.31. The van der Waals surface area contributed by atoms with Crippen LogP contribution in [-0.2, 0) is 4.79 Å². The maximum absolute atomic E-state index is 12.6. The molecule has 0 aliphatic carbocycles. The third-order valence-electron chi connectivity index (χ3n) is 5.08. The number of carbonyl (C=O) groups excluding carboxylic acids is 4. The van der Waals surface area contributed by atoms with Crippen molar-refractivity contribution >= 4 is 46.5 Å². The number of hydrogen-bond donors (Lipinski definition) is 2. The number of amides is 4. The lowest BCUT2D eigenvalue weighted by molar-refractivity contribution is -0.122. The zero-order valence-electron chi connectivity index (χ0n) is 18.2. The Labute approximate surface area is 200 Å². The Morgan fingerprint density at radius 2 is 1.82 bits per heavy atom. The van der Waals surface area contributed by atoms with Crippen LogP contribution in [0.2, 0.25) is 0 Å². The van der Waals surface area contributed by atoms with E-state index in [9.17, 15) is 19.2 Å². The molecular weight excluding hydrogens is 454 g/mol. The van der Waals surface area contributed by atoms with Crippen molar-refractivity contribution in [2.45, 2.75) is 6.92 Å². The van der Waals surface area contributed by atoms with E-state index in [0.717, 1.165) is 27.8 Å². The zero-order valence-corrected chi connectivity index (χ0v) is 19.1. The summed E-state index contributed by atoms with van der Waals surface area (Å²) >= 11 is 0.878. The number of furan rings is 1. The molecule has 0 radical (unpaired) electrons. The van der Waals surface area contributed by atoms with Gasteiger partial charge in [0.25, 0.3) is 23.0 Å². The monoisotopic (exact) mass is 475 g/mol. The first-order valence-corrected chi connectivity index (χ1v) is 11.3. The minimum Gasteiger partial charge on any atom is -0.459 e. The van der Waals surface area contributed by atoms with E-state index in [1.807, 2.05) is 37.3 Å². The van der Waals surface area contributed by atoms with E-state index >= 15 is 0 Å². The third kappa shape index (κ3) is 5.26. The van der Waals surface area contributed by atoms with Crippen LogP contribution in [0.5, 0.6) is 0 Å². The lowest BCUT2D eigenvalue weighted by atomic mass is 10.1. The highest BCUT2D eigenvalue weighted by Crippen LogP contribution is 2.31. The largest absolute Gasteiger partial charge is 0.459 e. The molecule has 172 valence electrons. The zero-order chi connectivity index (χ0) is 24.1. The van der Waals surface area contributed by atoms with Crippen LogP contribution < -0.4 is 10.6 Å². The summed E-state index contributed by atoms with van der Waals surface area (Å²) in [7, 11) is 0. The van der Waals surface area contributed by atoms with Gasteiger partial charge in [0.1, 0.15) is 0 Å². The predicted molar refractivity (Wildman–Crippen MR) is 129 cm³/mol. The van der Waals surface area contributed by atoms with Gasteiger partial charge in [0.2, 0.25) is 0 Å². The van der Waals surface area contributed by atoms with Crippen LogP contribution in [0, 0.1) is 6.92 Å². The summed E-state index contributed by atoms with van der Waals surface area (Å²) < 4.78 is 5.09. The fourth-order valence-electron chi connectivity index (χ4n) is 3.27. The van der Waals surface area contributed by atoms with Gasteiger partial charge >= 0.3 is 0 Å². The van der Waals surface area contributed by atoms with Gasteiger partial charge < -0.3 is 15.1 Å². The van der Waals surface area contributed by atoms with Crippen molar-refractivity contribution in [1.29, 1.82) is 0 Å². The van der Waals surface area contributed by atoms with Gasteiger partial charge in [0.15, 0.2) is 5.76 Å². The highest BCUT2D eigenvalue weighted by Gasteiger charge is 2.34. The first-order valence-electron chi connectivity index (χ1n) is 10.5. The van der Waals surface area contributed by atoms with Crippen molar-refractivity contribution in [1.82, 2.24) is 10.2 Å². The molecule has 3 aromatic rings. The fraction of sp³-hybridized carbons (Fsp3) is 0.120. The van der Waals surface area contributed by atoms with Crippen molar-refractivity contribution in [3.8, 4) is 0 Å². The highest BCUT2D eigenvalue weighted by atomic mass is 32.2. The van der Waals surface area contributed by atoms with Gasteiger partial charge in [-0.3, -0.25) is 24.1 Å². The molecule has 0 atom stereocenters. The molecule has 9 heteroatoms. The molecule has 1 aromatic heterocycles. The van der Waals surface area contributed by atoms with Gasteiger partial charge in [-0.15, -0.1) is 0 Å². The average Bonchev–Trinajstić information content (AvgIpc) is 3.46.